The molecule has 0 atom stereocenters. The molecule has 0 fully saturated rings. The molecule has 0 radical (unpaired) electrons. The second kappa shape index (κ2) is 4.82. The molecule has 7 heteroatoms. The van der Waals surface area contributed by atoms with Crippen LogP contribution in [0.5, 0.6) is 0 Å². The number of nitrogens with one attached hydrogen (secondary N) is 1. The van der Waals surface area contributed by atoms with Crippen LogP contribution in [0.2, 0.25) is 0 Å². The van der Waals surface area contributed by atoms with Crippen molar-refractivity contribution < 1.29 is 9.85 Å². The van der Waals surface area contributed by atoms with Crippen LogP contribution >= 0.6 is 0 Å². The van der Waals surface area contributed by atoms with Crippen molar-refractivity contribution in [3.8, 4) is 0 Å². The molecule has 0 unspecified atom stereocenters. The number of nitrogens with zero attached hydrogens (tertiary/aromatic N) is 2. The molecular weight excluding hydrogens is 238 g/mol. The molecule has 1 aromatic rings. The van der Waals surface area contributed by atoms with Gasteiger partial charge in [0.25, 0.3) is 11.4 Å². The van der Waals surface area contributed by atoms with E-state index in [1.54, 1.807) is 0 Å². The largest absolute Gasteiger partial charge is 0.376 e. The molecule has 0 amide bonds. The van der Waals surface area contributed by atoms with Gasteiger partial charge in [-0.1, -0.05) is 12.2 Å². The maximum atomic E-state index is 10.9. The molecule has 0 spiro atoms. The van der Waals surface area contributed by atoms with Crippen LogP contribution in [0.4, 0.5) is 17.1 Å². The predicted octanol–water partition coefficient (Wildman–Crippen LogP) is 2.63. The van der Waals surface area contributed by atoms with Crippen LogP contribution in [-0.4, -0.2) is 15.9 Å². The number of nitro groups is 2. The van der Waals surface area contributed by atoms with Crippen molar-refractivity contribution in [1.29, 1.82) is 0 Å². The highest BCUT2D eigenvalue weighted by Crippen LogP contribution is 2.30. The Morgan fingerprint density at radius 1 is 1.11 bits per heavy atom. The van der Waals surface area contributed by atoms with E-state index in [4.69, 9.17) is 0 Å². The van der Waals surface area contributed by atoms with Gasteiger partial charge in [-0.2, -0.15) is 0 Å². The molecule has 7 nitrogen and oxygen atoms in total. The maximum Gasteiger partial charge on any atom is 0.299 e. The maximum absolute atomic E-state index is 10.9. The third-order valence-corrected chi connectivity index (χ3v) is 2.76. The molecule has 0 heterocycles. The Labute approximate surface area is 102 Å². The predicted molar refractivity (Wildman–Crippen MR) is 65.5 cm³/mol. The van der Waals surface area contributed by atoms with Crippen LogP contribution in [0, 0.1) is 20.2 Å². The summed E-state index contributed by atoms with van der Waals surface area (Å²) in [5, 5.41) is 24.5. The molecule has 1 aliphatic rings. The van der Waals surface area contributed by atoms with E-state index < -0.39 is 9.85 Å². The number of non-ortho nitro benzene ring substituents is 1. The van der Waals surface area contributed by atoms with Gasteiger partial charge in [-0.15, -0.1) is 0 Å². The van der Waals surface area contributed by atoms with Crippen molar-refractivity contribution in [1.82, 2.24) is 0 Å². The molecule has 0 bridgehead atoms. The van der Waals surface area contributed by atoms with E-state index in [0.717, 1.165) is 18.9 Å². The van der Waals surface area contributed by atoms with E-state index in [9.17, 15) is 20.2 Å². The smallest absolute Gasteiger partial charge is 0.299 e. The fourth-order valence-electron chi connectivity index (χ4n) is 1.86. The lowest BCUT2D eigenvalue weighted by Gasteiger charge is -2.13. The summed E-state index contributed by atoms with van der Waals surface area (Å²) in [5.41, 5.74) is -0.229. The molecule has 0 saturated carbocycles. The second-order valence-electron chi connectivity index (χ2n) is 4.00. The first-order valence-corrected chi connectivity index (χ1v) is 5.42. The van der Waals surface area contributed by atoms with Gasteiger partial charge in [-0.05, 0) is 18.9 Å². The zero-order valence-corrected chi connectivity index (χ0v) is 9.41. The quantitative estimate of drug-likeness (QED) is 0.502. The zero-order valence-electron chi connectivity index (χ0n) is 9.41. The van der Waals surface area contributed by atoms with Gasteiger partial charge >= 0.3 is 0 Å². The molecule has 18 heavy (non-hydrogen) atoms. The first kappa shape index (κ1) is 12.0. The Bertz CT molecular complexity index is 519. The lowest BCUT2D eigenvalue weighted by molar-refractivity contribution is -0.393. The first-order chi connectivity index (χ1) is 8.58. The van der Waals surface area contributed by atoms with Crippen molar-refractivity contribution in [2.45, 2.75) is 18.9 Å². The lowest BCUT2D eigenvalue weighted by Crippen LogP contribution is -2.16. The average molecular weight is 249 g/mol. The standard InChI is InChI=1S/C11H11N3O4/c15-13(16)9-5-6-10(11(7-9)14(17)18)12-8-3-1-2-4-8/h1-2,5-8,12H,3-4H2. The van der Waals surface area contributed by atoms with E-state index in [1.165, 1.54) is 12.1 Å². The van der Waals surface area contributed by atoms with Gasteiger partial charge in [0.15, 0.2) is 0 Å². The molecule has 2 rings (SSSR count). The highest BCUT2D eigenvalue weighted by atomic mass is 16.6. The van der Waals surface area contributed by atoms with Crippen LogP contribution in [0.25, 0.3) is 0 Å². The van der Waals surface area contributed by atoms with Gasteiger partial charge in [0.2, 0.25) is 0 Å². The summed E-state index contributed by atoms with van der Waals surface area (Å²) in [6.07, 6.45) is 5.59. The minimum Gasteiger partial charge on any atom is -0.376 e. The highest BCUT2D eigenvalue weighted by Gasteiger charge is 2.21. The summed E-state index contributed by atoms with van der Waals surface area (Å²) < 4.78 is 0. The van der Waals surface area contributed by atoms with Crippen LogP contribution < -0.4 is 5.32 Å². The van der Waals surface area contributed by atoms with Crippen molar-refractivity contribution in [2.75, 3.05) is 5.32 Å². The van der Waals surface area contributed by atoms with Gasteiger partial charge in [-0.3, -0.25) is 20.2 Å². The Balaban J connectivity index is 2.28. The zero-order chi connectivity index (χ0) is 13.1. The summed E-state index contributed by atoms with van der Waals surface area (Å²) in [6, 6.07) is 3.74. The Kier molecular flexibility index (Phi) is 3.22. The van der Waals surface area contributed by atoms with E-state index in [1.807, 2.05) is 12.2 Å². The summed E-state index contributed by atoms with van der Waals surface area (Å²) in [4.78, 5) is 20.2. The second-order valence-corrected chi connectivity index (χ2v) is 4.00. The van der Waals surface area contributed by atoms with Gasteiger partial charge in [-0.25, -0.2) is 0 Å². The van der Waals surface area contributed by atoms with Gasteiger partial charge in [0.1, 0.15) is 5.69 Å². The van der Waals surface area contributed by atoms with Gasteiger partial charge in [0, 0.05) is 12.1 Å². The summed E-state index contributed by atoms with van der Waals surface area (Å²) in [6.45, 7) is 0. The molecule has 1 N–H and O–H groups in total. The SMILES string of the molecule is O=[N+]([O-])c1ccc(NC2CC=CC2)c([N+](=O)[O-])c1. The number of hydrogen-bond acceptors (Lipinski definition) is 5. The van der Waals surface area contributed by atoms with Crippen LogP contribution in [0.3, 0.4) is 0 Å². The molecule has 0 aromatic heterocycles. The molecule has 0 aliphatic heterocycles. The number of nitro benzene ring substituents is 2. The Hall–Kier alpha value is -2.44. The van der Waals surface area contributed by atoms with Gasteiger partial charge in [0.05, 0.1) is 15.9 Å². The van der Waals surface area contributed by atoms with Crippen molar-refractivity contribution >= 4 is 17.1 Å². The van der Waals surface area contributed by atoms with Crippen molar-refractivity contribution in [3.05, 3.63) is 50.6 Å². The Morgan fingerprint density at radius 3 is 2.33 bits per heavy atom. The van der Waals surface area contributed by atoms with Crippen LogP contribution in [-0.2, 0) is 0 Å². The fraction of sp³-hybridized carbons (Fsp3) is 0.273. The monoisotopic (exact) mass is 249 g/mol. The molecular formula is C11H11N3O4. The lowest BCUT2D eigenvalue weighted by atomic mass is 10.2. The number of hydrogen-bond donors (Lipinski definition) is 1. The molecule has 1 aromatic carbocycles. The molecule has 1 aliphatic carbocycles. The van der Waals surface area contributed by atoms with Gasteiger partial charge < -0.3 is 5.32 Å². The minimum atomic E-state index is -0.645. The van der Waals surface area contributed by atoms with E-state index >= 15 is 0 Å². The minimum absolute atomic E-state index is 0.116. The van der Waals surface area contributed by atoms with Crippen molar-refractivity contribution in [2.24, 2.45) is 0 Å². The average Bonchev–Trinajstić information content (AvgIpc) is 2.81. The van der Waals surface area contributed by atoms with E-state index in [0.29, 0.717) is 5.69 Å². The number of anilines is 1. The van der Waals surface area contributed by atoms with E-state index in [-0.39, 0.29) is 17.4 Å². The number of benzene rings is 1. The summed E-state index contributed by atoms with van der Waals surface area (Å²) in [7, 11) is 0. The first-order valence-electron chi connectivity index (χ1n) is 5.42. The van der Waals surface area contributed by atoms with E-state index in [2.05, 4.69) is 5.32 Å². The van der Waals surface area contributed by atoms with Crippen molar-refractivity contribution in [3.63, 3.8) is 0 Å². The topological polar surface area (TPSA) is 98.3 Å². The highest BCUT2D eigenvalue weighted by molar-refractivity contribution is 5.65. The molecule has 0 saturated heterocycles. The van der Waals surface area contributed by atoms with Crippen LogP contribution in [0.15, 0.2) is 30.4 Å². The summed E-state index contributed by atoms with van der Waals surface area (Å²) in [5.74, 6) is 0. The Morgan fingerprint density at radius 2 is 1.78 bits per heavy atom. The molecule has 94 valence electrons. The number of rotatable bonds is 4. The normalized spacial score (nSPS) is 14.7. The third-order valence-electron chi connectivity index (χ3n) is 2.76. The fourth-order valence-corrected chi connectivity index (χ4v) is 1.86. The summed E-state index contributed by atoms with van der Waals surface area (Å²) >= 11 is 0. The third kappa shape index (κ3) is 2.45. The van der Waals surface area contributed by atoms with Crippen LogP contribution in [0.1, 0.15) is 12.8 Å².